The van der Waals surface area contributed by atoms with Gasteiger partial charge in [-0.15, -0.1) is 0 Å². The third-order valence-corrected chi connectivity index (χ3v) is 15.0. The van der Waals surface area contributed by atoms with E-state index in [2.05, 4.69) is 183 Å². The van der Waals surface area contributed by atoms with Crippen LogP contribution >= 0.6 is 0 Å². The fraction of sp³-hybridized carbons (Fsp3) is 0.276. The van der Waals surface area contributed by atoms with Crippen molar-refractivity contribution in [1.29, 1.82) is 0 Å². The largest absolute Gasteiger partial charge is 0.310 e. The average molecular weight is 766 g/mol. The summed E-state index contributed by atoms with van der Waals surface area (Å²) in [4.78, 5) is 2.52. The van der Waals surface area contributed by atoms with Crippen molar-refractivity contribution in [2.75, 3.05) is 4.90 Å². The molecule has 0 radical (unpaired) electrons. The van der Waals surface area contributed by atoms with E-state index in [9.17, 15) is 0 Å². The molecule has 292 valence electrons. The Labute approximate surface area is 351 Å². The molecular weight excluding hydrogens is 711 g/mol. The Morgan fingerprint density at radius 3 is 1.81 bits per heavy atom. The van der Waals surface area contributed by atoms with Crippen molar-refractivity contribution in [3.63, 3.8) is 0 Å². The van der Waals surface area contributed by atoms with Crippen molar-refractivity contribution < 1.29 is 0 Å². The van der Waals surface area contributed by atoms with Gasteiger partial charge in [0, 0.05) is 22.5 Å². The maximum atomic E-state index is 2.52. The van der Waals surface area contributed by atoms with Gasteiger partial charge in [-0.3, -0.25) is 0 Å². The number of nitrogens with zero attached hydrogens (tertiary/aromatic N) is 1. The van der Waals surface area contributed by atoms with Crippen LogP contribution in [0.3, 0.4) is 0 Å². The van der Waals surface area contributed by atoms with E-state index < -0.39 is 0 Å². The van der Waals surface area contributed by atoms with Gasteiger partial charge >= 0.3 is 0 Å². The molecule has 0 spiro atoms. The van der Waals surface area contributed by atoms with Crippen molar-refractivity contribution in [2.24, 2.45) is 11.8 Å². The summed E-state index contributed by atoms with van der Waals surface area (Å²) in [5.74, 6) is 3.20. The first-order chi connectivity index (χ1) is 29.0. The van der Waals surface area contributed by atoms with Crippen molar-refractivity contribution in [3.8, 4) is 44.5 Å². The summed E-state index contributed by atoms with van der Waals surface area (Å²) >= 11 is 0. The molecule has 3 fully saturated rings. The van der Waals surface area contributed by atoms with Crippen LogP contribution < -0.4 is 4.90 Å². The molecule has 4 aliphatic rings. The van der Waals surface area contributed by atoms with Crippen molar-refractivity contribution >= 4 is 17.1 Å². The molecule has 0 amide bonds. The van der Waals surface area contributed by atoms with Crippen LogP contribution in [0.1, 0.15) is 106 Å². The van der Waals surface area contributed by atoms with Gasteiger partial charge in [0.05, 0.1) is 0 Å². The number of fused-ring (bicyclic) bond motifs is 5. The molecule has 2 bridgehead atoms. The van der Waals surface area contributed by atoms with Crippen LogP contribution in [0.2, 0.25) is 0 Å². The average Bonchev–Trinajstić information content (AvgIpc) is 4.00. The Hall–Kier alpha value is -5.66. The quantitative estimate of drug-likeness (QED) is 0.149. The van der Waals surface area contributed by atoms with E-state index in [0.717, 1.165) is 11.8 Å². The SMILES string of the molecule is CC1(C)c2ccccc2-c2c(-c3ccc(-c4ccccc4)cc3)cc(N(c3ccc(-c4cccc(C5CCCCC5)c4)cc3)c3ccc(C4CC5CCC4C5)cc3)cc21. The number of anilines is 3. The lowest BCUT2D eigenvalue weighted by molar-refractivity contribution is 0.420. The molecule has 3 atom stereocenters. The molecular formula is C58H55N. The van der Waals surface area contributed by atoms with E-state index in [1.165, 1.54) is 142 Å². The molecule has 0 N–H and O–H groups in total. The maximum Gasteiger partial charge on any atom is 0.0471 e. The molecule has 11 rings (SSSR count). The van der Waals surface area contributed by atoms with Gasteiger partial charge in [0.2, 0.25) is 0 Å². The molecule has 1 nitrogen and oxygen atoms in total. The fourth-order valence-electron chi connectivity index (χ4n) is 11.8. The molecule has 0 aromatic heterocycles. The number of hydrogen-bond donors (Lipinski definition) is 0. The number of rotatable bonds is 8. The van der Waals surface area contributed by atoms with Crippen molar-refractivity contribution in [1.82, 2.24) is 0 Å². The van der Waals surface area contributed by atoms with Crippen LogP contribution in [0, 0.1) is 11.8 Å². The Bertz CT molecular complexity index is 2610. The van der Waals surface area contributed by atoms with Gasteiger partial charge in [0.25, 0.3) is 0 Å². The van der Waals surface area contributed by atoms with Crippen LogP contribution in [0.15, 0.2) is 164 Å². The summed E-state index contributed by atoms with van der Waals surface area (Å²) in [5.41, 5.74) is 19.6. The van der Waals surface area contributed by atoms with Gasteiger partial charge < -0.3 is 4.90 Å². The van der Waals surface area contributed by atoms with Crippen molar-refractivity contribution in [2.45, 2.75) is 88.9 Å². The molecule has 1 heteroatoms. The lowest BCUT2D eigenvalue weighted by Gasteiger charge is -2.30. The first kappa shape index (κ1) is 36.4. The second-order valence-corrected chi connectivity index (χ2v) is 18.7. The smallest absolute Gasteiger partial charge is 0.0471 e. The normalized spacial score (nSPS) is 20.3. The highest BCUT2D eigenvalue weighted by molar-refractivity contribution is 5.96. The highest BCUT2D eigenvalue weighted by Gasteiger charge is 2.40. The lowest BCUT2D eigenvalue weighted by atomic mass is 9.81. The van der Waals surface area contributed by atoms with E-state index in [-0.39, 0.29) is 5.41 Å². The number of benzene rings is 7. The Balaban J connectivity index is 1.04. The molecule has 59 heavy (non-hydrogen) atoms. The zero-order valence-electron chi connectivity index (χ0n) is 34.7. The molecule has 3 unspecified atom stereocenters. The topological polar surface area (TPSA) is 3.24 Å². The van der Waals surface area contributed by atoms with Crippen LogP contribution in [-0.4, -0.2) is 0 Å². The predicted molar refractivity (Wildman–Crippen MR) is 249 cm³/mol. The summed E-state index contributed by atoms with van der Waals surface area (Å²) in [5, 5.41) is 0. The summed E-state index contributed by atoms with van der Waals surface area (Å²) in [6.45, 7) is 4.82. The van der Waals surface area contributed by atoms with E-state index in [4.69, 9.17) is 0 Å². The van der Waals surface area contributed by atoms with Gasteiger partial charge in [-0.2, -0.15) is 0 Å². The van der Waals surface area contributed by atoms with Crippen molar-refractivity contribution in [3.05, 3.63) is 186 Å². The van der Waals surface area contributed by atoms with Gasteiger partial charge in [-0.1, -0.05) is 167 Å². The maximum absolute atomic E-state index is 2.52. The monoisotopic (exact) mass is 765 g/mol. The van der Waals surface area contributed by atoms with Crippen LogP contribution in [-0.2, 0) is 5.41 Å². The predicted octanol–water partition coefficient (Wildman–Crippen LogP) is 16.4. The molecule has 7 aromatic carbocycles. The molecule has 0 heterocycles. The molecule has 7 aromatic rings. The number of hydrogen-bond acceptors (Lipinski definition) is 1. The standard InChI is InChI=1S/C58H55N/c1-58(2)55-19-10-9-18-52(55)57-54(45-24-22-42(23-25-45)40-12-5-3-6-13-40)37-51(38-56(57)58)59(50-32-28-44(29-33-50)53-35-39-20-21-48(53)34-39)49-30-26-43(27-31-49)47-17-11-16-46(36-47)41-14-7-4-8-15-41/h3,5-6,9-13,16-19,22-33,36-39,41,48,53H,4,7-8,14-15,20-21,34-35H2,1-2H3. The Morgan fingerprint density at radius 1 is 0.441 bits per heavy atom. The fourth-order valence-corrected chi connectivity index (χ4v) is 11.8. The van der Waals surface area contributed by atoms with Gasteiger partial charge in [-0.25, -0.2) is 0 Å². The summed E-state index contributed by atoms with van der Waals surface area (Å²) in [6, 6.07) is 62.6. The Morgan fingerprint density at radius 2 is 1.08 bits per heavy atom. The van der Waals surface area contributed by atoms with E-state index in [0.29, 0.717) is 11.8 Å². The highest BCUT2D eigenvalue weighted by Crippen LogP contribution is 2.56. The molecule has 0 saturated heterocycles. The highest BCUT2D eigenvalue weighted by atomic mass is 15.1. The Kier molecular flexibility index (Phi) is 9.18. The summed E-state index contributed by atoms with van der Waals surface area (Å²) < 4.78 is 0. The molecule has 4 aliphatic carbocycles. The second kappa shape index (κ2) is 14.9. The summed E-state index contributed by atoms with van der Waals surface area (Å²) in [6.07, 6.45) is 12.4. The first-order valence-corrected chi connectivity index (χ1v) is 22.5. The van der Waals surface area contributed by atoms with E-state index in [1.807, 2.05) is 0 Å². The first-order valence-electron chi connectivity index (χ1n) is 22.5. The van der Waals surface area contributed by atoms with Crippen LogP contribution in [0.25, 0.3) is 44.5 Å². The van der Waals surface area contributed by atoms with Gasteiger partial charge in [0.15, 0.2) is 0 Å². The van der Waals surface area contributed by atoms with Crippen LogP contribution in [0.4, 0.5) is 17.1 Å². The third-order valence-electron chi connectivity index (χ3n) is 15.0. The summed E-state index contributed by atoms with van der Waals surface area (Å²) in [7, 11) is 0. The lowest BCUT2D eigenvalue weighted by Crippen LogP contribution is -2.17. The van der Waals surface area contributed by atoms with Gasteiger partial charge in [-0.05, 0) is 159 Å². The van der Waals surface area contributed by atoms with E-state index >= 15 is 0 Å². The minimum Gasteiger partial charge on any atom is -0.310 e. The van der Waals surface area contributed by atoms with Gasteiger partial charge in [0.1, 0.15) is 0 Å². The third kappa shape index (κ3) is 6.55. The molecule has 3 saturated carbocycles. The zero-order valence-corrected chi connectivity index (χ0v) is 34.7. The minimum absolute atomic E-state index is 0.148. The zero-order chi connectivity index (χ0) is 39.5. The minimum atomic E-state index is -0.148. The molecule has 0 aliphatic heterocycles. The van der Waals surface area contributed by atoms with Crippen LogP contribution in [0.5, 0.6) is 0 Å². The van der Waals surface area contributed by atoms with E-state index in [1.54, 1.807) is 0 Å². The second-order valence-electron chi connectivity index (χ2n) is 18.7.